The third kappa shape index (κ3) is 4.46. The maximum absolute atomic E-state index is 12.6. The summed E-state index contributed by atoms with van der Waals surface area (Å²) >= 11 is 0. The van der Waals surface area contributed by atoms with E-state index in [4.69, 9.17) is 10.5 Å². The maximum Gasteiger partial charge on any atom is 0.300 e. The number of aromatic nitrogens is 4. The molecule has 0 saturated carbocycles. The van der Waals surface area contributed by atoms with Gasteiger partial charge in [0.25, 0.3) is 6.01 Å². The average molecular weight is 448 g/mol. The number of fused-ring (bicyclic) bond motifs is 1. The number of imidazole rings is 1. The van der Waals surface area contributed by atoms with E-state index in [0.717, 1.165) is 11.0 Å². The molecule has 2 aromatic heterocycles. The van der Waals surface area contributed by atoms with Crippen molar-refractivity contribution in [2.24, 2.45) is 10.7 Å². The van der Waals surface area contributed by atoms with Gasteiger partial charge >= 0.3 is 0 Å². The topological polar surface area (TPSA) is 111 Å². The molecule has 8 heteroatoms. The summed E-state index contributed by atoms with van der Waals surface area (Å²) in [4.78, 5) is 24.8. The van der Waals surface area contributed by atoms with Crippen LogP contribution in [0.3, 0.4) is 0 Å². The summed E-state index contributed by atoms with van der Waals surface area (Å²) in [6, 6.07) is 26.2. The van der Waals surface area contributed by atoms with Crippen molar-refractivity contribution in [2.45, 2.75) is 0 Å². The van der Waals surface area contributed by atoms with Gasteiger partial charge in [0.1, 0.15) is 5.75 Å². The van der Waals surface area contributed by atoms with Crippen LogP contribution >= 0.6 is 0 Å². The SMILES string of the molecule is NC=CC(=Nc1ccccc1)c1nn(-c2cccc(Oc3nc4ccccc4[nH]3)c2)ccc1=O. The number of nitrogens with two attached hydrogens (primary N) is 1. The Labute approximate surface area is 194 Å². The number of benzene rings is 3. The van der Waals surface area contributed by atoms with Crippen LogP contribution in [-0.4, -0.2) is 25.5 Å². The number of allylic oxidation sites excluding steroid dienone is 1. The highest BCUT2D eigenvalue weighted by Gasteiger charge is 2.11. The molecular weight excluding hydrogens is 428 g/mol. The maximum atomic E-state index is 12.6. The van der Waals surface area contributed by atoms with Crippen molar-refractivity contribution < 1.29 is 4.74 Å². The number of nitrogens with zero attached hydrogens (tertiary/aromatic N) is 4. The van der Waals surface area contributed by atoms with Crippen LogP contribution in [0, 0.1) is 0 Å². The molecule has 3 N–H and O–H groups in total. The molecule has 0 aliphatic rings. The highest BCUT2D eigenvalue weighted by molar-refractivity contribution is 6.08. The van der Waals surface area contributed by atoms with Gasteiger partial charge < -0.3 is 15.5 Å². The molecule has 8 nitrogen and oxygen atoms in total. The van der Waals surface area contributed by atoms with Gasteiger partial charge in [-0.2, -0.15) is 10.1 Å². The third-order valence-corrected chi connectivity index (χ3v) is 4.98. The minimum atomic E-state index is -0.265. The Kier molecular flexibility index (Phi) is 5.69. The first-order valence-corrected chi connectivity index (χ1v) is 10.5. The van der Waals surface area contributed by atoms with Gasteiger partial charge in [-0.25, -0.2) is 9.67 Å². The van der Waals surface area contributed by atoms with Crippen LogP contribution in [-0.2, 0) is 0 Å². The van der Waals surface area contributed by atoms with E-state index in [1.165, 1.54) is 12.3 Å². The number of nitrogens with one attached hydrogen (secondary N) is 1. The fourth-order valence-corrected chi connectivity index (χ4v) is 3.41. The molecule has 34 heavy (non-hydrogen) atoms. The van der Waals surface area contributed by atoms with Gasteiger partial charge in [0.15, 0.2) is 5.69 Å². The Morgan fingerprint density at radius 1 is 1.00 bits per heavy atom. The van der Waals surface area contributed by atoms with E-state index in [0.29, 0.717) is 28.8 Å². The van der Waals surface area contributed by atoms with E-state index < -0.39 is 0 Å². The van der Waals surface area contributed by atoms with E-state index >= 15 is 0 Å². The van der Waals surface area contributed by atoms with Crippen LogP contribution in [0.1, 0.15) is 5.69 Å². The standard InChI is InChI=1S/C26H20N6O2/c27-15-13-23(28-18-7-2-1-3-8-18)25-24(33)14-16-32(31-25)19-9-6-10-20(17-19)34-26-29-21-11-4-5-12-22(21)30-26/h1-17H,27H2,(H,29,30). The first-order chi connectivity index (χ1) is 16.7. The largest absolute Gasteiger partial charge is 0.426 e. The van der Waals surface area contributed by atoms with E-state index in [1.807, 2.05) is 72.8 Å². The van der Waals surface area contributed by atoms with Crippen LogP contribution in [0.2, 0.25) is 0 Å². The number of ether oxygens (including phenoxy) is 1. The second-order valence-corrected chi connectivity index (χ2v) is 7.32. The second kappa shape index (κ2) is 9.25. The summed E-state index contributed by atoms with van der Waals surface area (Å²) in [6.45, 7) is 0. The summed E-state index contributed by atoms with van der Waals surface area (Å²) in [6.07, 6.45) is 4.49. The number of hydrogen-bond acceptors (Lipinski definition) is 6. The molecule has 3 aromatic carbocycles. The molecule has 0 spiro atoms. The molecular formula is C26H20N6O2. The van der Waals surface area contributed by atoms with Crippen LogP contribution < -0.4 is 15.9 Å². The molecule has 0 radical (unpaired) electrons. The van der Waals surface area contributed by atoms with Crippen LogP contribution in [0.25, 0.3) is 16.7 Å². The number of H-pyrrole nitrogens is 1. The minimum Gasteiger partial charge on any atom is -0.426 e. The molecule has 0 aliphatic carbocycles. The lowest BCUT2D eigenvalue weighted by atomic mass is 10.2. The molecule has 166 valence electrons. The van der Waals surface area contributed by atoms with Gasteiger partial charge in [0.05, 0.1) is 28.1 Å². The van der Waals surface area contributed by atoms with Crippen molar-refractivity contribution in [1.82, 2.24) is 19.7 Å². The summed E-state index contributed by atoms with van der Waals surface area (Å²) in [5.74, 6) is 0.568. The Hall–Kier alpha value is -4.98. The zero-order valence-electron chi connectivity index (χ0n) is 18.0. The summed E-state index contributed by atoms with van der Waals surface area (Å²) in [5, 5.41) is 4.53. The van der Waals surface area contributed by atoms with Gasteiger partial charge in [0, 0.05) is 18.3 Å². The number of aromatic amines is 1. The molecule has 0 unspecified atom stereocenters. The third-order valence-electron chi connectivity index (χ3n) is 4.98. The Balaban J connectivity index is 1.49. The van der Waals surface area contributed by atoms with E-state index in [-0.39, 0.29) is 11.1 Å². The van der Waals surface area contributed by atoms with Crippen molar-refractivity contribution >= 4 is 22.4 Å². The average Bonchev–Trinajstić information content (AvgIpc) is 3.27. The van der Waals surface area contributed by atoms with Gasteiger partial charge in [-0.15, -0.1) is 0 Å². The molecule has 0 amide bonds. The van der Waals surface area contributed by atoms with E-state index in [2.05, 4.69) is 20.1 Å². The van der Waals surface area contributed by atoms with E-state index in [1.54, 1.807) is 23.0 Å². The summed E-state index contributed by atoms with van der Waals surface area (Å²) in [5.41, 5.74) is 8.99. The lowest BCUT2D eigenvalue weighted by molar-refractivity contribution is 0.449. The highest BCUT2D eigenvalue weighted by atomic mass is 16.5. The van der Waals surface area contributed by atoms with Gasteiger partial charge in [-0.05, 0) is 48.7 Å². The first-order valence-electron chi connectivity index (χ1n) is 10.5. The molecule has 0 fully saturated rings. The van der Waals surface area contributed by atoms with Crippen molar-refractivity contribution in [3.05, 3.63) is 119 Å². The number of rotatable bonds is 6. The molecule has 0 aliphatic heterocycles. The number of hydrogen-bond donors (Lipinski definition) is 2. The molecule has 5 rings (SSSR count). The number of aliphatic imine (C=N–C) groups is 1. The molecule has 5 aromatic rings. The minimum absolute atomic E-state index is 0.177. The van der Waals surface area contributed by atoms with Gasteiger partial charge in [0.2, 0.25) is 5.43 Å². The normalized spacial score (nSPS) is 11.8. The molecule has 0 atom stereocenters. The zero-order chi connectivity index (χ0) is 23.3. The quantitative estimate of drug-likeness (QED) is 0.372. The van der Waals surface area contributed by atoms with Crippen molar-refractivity contribution in [2.75, 3.05) is 0 Å². The molecule has 0 bridgehead atoms. The van der Waals surface area contributed by atoms with Crippen LogP contribution in [0.5, 0.6) is 11.8 Å². The Morgan fingerprint density at radius 3 is 2.65 bits per heavy atom. The first kappa shape index (κ1) is 20.9. The van der Waals surface area contributed by atoms with Crippen LogP contribution in [0.4, 0.5) is 5.69 Å². The highest BCUT2D eigenvalue weighted by Crippen LogP contribution is 2.23. The fourth-order valence-electron chi connectivity index (χ4n) is 3.41. The Morgan fingerprint density at radius 2 is 1.82 bits per heavy atom. The number of para-hydroxylation sites is 3. The predicted molar refractivity (Wildman–Crippen MR) is 132 cm³/mol. The van der Waals surface area contributed by atoms with Gasteiger partial charge in [-0.1, -0.05) is 36.4 Å². The zero-order valence-corrected chi connectivity index (χ0v) is 18.0. The van der Waals surface area contributed by atoms with Crippen LogP contribution in [0.15, 0.2) is 113 Å². The summed E-state index contributed by atoms with van der Waals surface area (Å²) in [7, 11) is 0. The molecule has 2 heterocycles. The monoisotopic (exact) mass is 448 g/mol. The Bertz CT molecular complexity index is 1530. The van der Waals surface area contributed by atoms with E-state index in [9.17, 15) is 4.79 Å². The second-order valence-electron chi connectivity index (χ2n) is 7.32. The van der Waals surface area contributed by atoms with Gasteiger partial charge in [-0.3, -0.25) is 4.79 Å². The molecule has 0 saturated heterocycles. The summed E-state index contributed by atoms with van der Waals surface area (Å²) < 4.78 is 7.51. The smallest absolute Gasteiger partial charge is 0.300 e. The fraction of sp³-hybridized carbons (Fsp3) is 0. The lowest BCUT2D eigenvalue weighted by Crippen LogP contribution is -2.20. The van der Waals surface area contributed by atoms with Crippen molar-refractivity contribution in [3.63, 3.8) is 0 Å². The van der Waals surface area contributed by atoms with Crippen molar-refractivity contribution in [3.8, 4) is 17.4 Å². The van der Waals surface area contributed by atoms with Crippen molar-refractivity contribution in [1.29, 1.82) is 0 Å². The lowest BCUT2D eigenvalue weighted by Gasteiger charge is -2.09. The predicted octanol–water partition coefficient (Wildman–Crippen LogP) is 4.49.